The molecule has 6 heteroatoms. The van der Waals surface area contributed by atoms with E-state index in [1.165, 1.54) is 0 Å². The smallest absolute Gasteiger partial charge is 0.241 e. The van der Waals surface area contributed by atoms with Crippen molar-refractivity contribution in [1.82, 2.24) is 0 Å². The second kappa shape index (κ2) is 7.45. The lowest BCUT2D eigenvalue weighted by atomic mass is 10.2. The fraction of sp³-hybridized carbons (Fsp3) is 0.364. The standard InChI is InChI=1S/C11H14ClIN2OS/c1-17-5-4-9(14)11(16)15-10-3-2-7(13)6-8(10)12/h2-3,6,9H,4-5,14H2,1H3,(H,15,16)/t9-/m0/s1. The van der Waals surface area contributed by atoms with E-state index in [4.69, 9.17) is 17.3 Å². The molecule has 0 aliphatic carbocycles. The van der Waals surface area contributed by atoms with Crippen LogP contribution in [0.4, 0.5) is 5.69 Å². The summed E-state index contributed by atoms with van der Waals surface area (Å²) in [5.41, 5.74) is 6.37. The minimum absolute atomic E-state index is 0.192. The molecule has 0 radical (unpaired) electrons. The van der Waals surface area contributed by atoms with Gasteiger partial charge in [-0.3, -0.25) is 4.79 Å². The maximum absolute atomic E-state index is 11.7. The fourth-order valence-electron chi connectivity index (χ4n) is 1.19. The van der Waals surface area contributed by atoms with Crippen LogP contribution in [0.5, 0.6) is 0 Å². The van der Waals surface area contributed by atoms with Gasteiger partial charge in [0.2, 0.25) is 5.91 Å². The van der Waals surface area contributed by atoms with Gasteiger partial charge in [0.25, 0.3) is 0 Å². The molecule has 0 saturated heterocycles. The maximum atomic E-state index is 11.7. The lowest BCUT2D eigenvalue weighted by molar-refractivity contribution is -0.117. The molecule has 1 amide bonds. The first kappa shape index (κ1) is 15.1. The molecular weight excluding hydrogens is 371 g/mol. The Bertz CT molecular complexity index is 403. The summed E-state index contributed by atoms with van der Waals surface area (Å²) in [6.07, 6.45) is 2.65. The Kier molecular flexibility index (Phi) is 6.61. The average Bonchev–Trinajstić information content (AvgIpc) is 2.29. The van der Waals surface area contributed by atoms with Crippen molar-refractivity contribution in [1.29, 1.82) is 0 Å². The Hall–Kier alpha value is 0.0200. The van der Waals surface area contributed by atoms with Gasteiger partial charge in [0.05, 0.1) is 16.8 Å². The molecule has 3 N–H and O–H groups in total. The number of nitrogens with two attached hydrogens (primary N) is 1. The van der Waals surface area contributed by atoms with Gasteiger partial charge in [-0.05, 0) is 59.2 Å². The third-order valence-electron chi connectivity index (χ3n) is 2.16. The molecule has 94 valence electrons. The van der Waals surface area contributed by atoms with Crippen molar-refractivity contribution >= 4 is 57.5 Å². The molecule has 0 aromatic heterocycles. The summed E-state index contributed by atoms with van der Waals surface area (Å²) in [6.45, 7) is 0. The quantitative estimate of drug-likeness (QED) is 0.768. The van der Waals surface area contributed by atoms with Gasteiger partial charge in [-0.2, -0.15) is 11.8 Å². The fourth-order valence-corrected chi connectivity index (χ4v) is 2.58. The minimum Gasteiger partial charge on any atom is -0.323 e. The van der Waals surface area contributed by atoms with E-state index in [0.29, 0.717) is 17.1 Å². The molecule has 0 aliphatic rings. The maximum Gasteiger partial charge on any atom is 0.241 e. The zero-order valence-electron chi connectivity index (χ0n) is 9.37. The van der Waals surface area contributed by atoms with Crippen LogP contribution in [0.15, 0.2) is 18.2 Å². The van der Waals surface area contributed by atoms with Gasteiger partial charge in [-0.15, -0.1) is 0 Å². The Morgan fingerprint density at radius 3 is 2.94 bits per heavy atom. The second-order valence-electron chi connectivity index (χ2n) is 3.50. The van der Waals surface area contributed by atoms with Crippen LogP contribution in [0.1, 0.15) is 6.42 Å². The van der Waals surface area contributed by atoms with Crippen molar-refractivity contribution in [2.24, 2.45) is 5.73 Å². The summed E-state index contributed by atoms with van der Waals surface area (Å²) >= 11 is 9.85. The summed E-state index contributed by atoms with van der Waals surface area (Å²) in [7, 11) is 0. The van der Waals surface area contributed by atoms with Gasteiger partial charge >= 0.3 is 0 Å². The minimum atomic E-state index is -0.488. The molecule has 3 nitrogen and oxygen atoms in total. The molecule has 0 spiro atoms. The molecule has 0 fully saturated rings. The van der Waals surface area contributed by atoms with Crippen LogP contribution in [0, 0.1) is 3.57 Å². The van der Waals surface area contributed by atoms with Crippen LogP contribution in [0.2, 0.25) is 5.02 Å². The Morgan fingerprint density at radius 1 is 1.65 bits per heavy atom. The van der Waals surface area contributed by atoms with Crippen LogP contribution < -0.4 is 11.1 Å². The highest BCUT2D eigenvalue weighted by Gasteiger charge is 2.14. The number of nitrogens with one attached hydrogen (secondary N) is 1. The molecule has 0 heterocycles. The molecule has 0 bridgehead atoms. The highest BCUT2D eigenvalue weighted by atomic mass is 127. The van der Waals surface area contributed by atoms with E-state index in [0.717, 1.165) is 9.32 Å². The molecular formula is C11H14ClIN2OS. The monoisotopic (exact) mass is 384 g/mol. The number of hydrogen-bond donors (Lipinski definition) is 2. The van der Waals surface area contributed by atoms with Crippen LogP contribution in [0.25, 0.3) is 0 Å². The highest BCUT2D eigenvalue weighted by molar-refractivity contribution is 14.1. The van der Waals surface area contributed by atoms with Crippen molar-refractivity contribution < 1.29 is 4.79 Å². The van der Waals surface area contributed by atoms with Gasteiger partial charge in [0.1, 0.15) is 0 Å². The molecule has 1 aromatic carbocycles. The Morgan fingerprint density at radius 2 is 2.35 bits per heavy atom. The number of halogens is 2. The van der Waals surface area contributed by atoms with E-state index in [1.54, 1.807) is 23.9 Å². The van der Waals surface area contributed by atoms with E-state index in [2.05, 4.69) is 27.9 Å². The third kappa shape index (κ3) is 5.03. The van der Waals surface area contributed by atoms with E-state index in [-0.39, 0.29) is 5.91 Å². The Labute approximate surface area is 124 Å². The predicted molar refractivity (Wildman–Crippen MR) is 83.8 cm³/mol. The van der Waals surface area contributed by atoms with Crippen LogP contribution in [0.3, 0.4) is 0 Å². The van der Waals surface area contributed by atoms with Crippen LogP contribution in [-0.2, 0) is 4.79 Å². The van der Waals surface area contributed by atoms with Crippen molar-refractivity contribution in [2.75, 3.05) is 17.3 Å². The van der Waals surface area contributed by atoms with Crippen molar-refractivity contribution in [3.8, 4) is 0 Å². The molecule has 1 rings (SSSR count). The molecule has 1 aromatic rings. The SMILES string of the molecule is CSCC[C@H](N)C(=O)Nc1ccc(I)cc1Cl. The number of hydrogen-bond acceptors (Lipinski definition) is 3. The van der Waals surface area contributed by atoms with Crippen molar-refractivity contribution in [2.45, 2.75) is 12.5 Å². The summed E-state index contributed by atoms with van der Waals surface area (Å²) in [4.78, 5) is 11.7. The lowest BCUT2D eigenvalue weighted by Crippen LogP contribution is -2.36. The van der Waals surface area contributed by atoms with Gasteiger partial charge in [0.15, 0.2) is 0 Å². The third-order valence-corrected chi connectivity index (χ3v) is 3.79. The number of rotatable bonds is 5. The number of carbonyl (C=O) groups excluding carboxylic acids is 1. The highest BCUT2D eigenvalue weighted by Crippen LogP contribution is 2.23. The molecule has 0 saturated carbocycles. The van der Waals surface area contributed by atoms with E-state index in [9.17, 15) is 4.79 Å². The number of amides is 1. The van der Waals surface area contributed by atoms with Gasteiger partial charge in [-0.25, -0.2) is 0 Å². The first-order valence-corrected chi connectivity index (χ1v) is 7.90. The number of carbonyl (C=O) groups is 1. The Balaban J connectivity index is 2.61. The number of anilines is 1. The van der Waals surface area contributed by atoms with E-state index < -0.39 is 6.04 Å². The first-order chi connectivity index (χ1) is 8.04. The average molecular weight is 385 g/mol. The first-order valence-electron chi connectivity index (χ1n) is 5.05. The van der Waals surface area contributed by atoms with Crippen molar-refractivity contribution in [3.63, 3.8) is 0 Å². The van der Waals surface area contributed by atoms with Gasteiger partial charge < -0.3 is 11.1 Å². The molecule has 17 heavy (non-hydrogen) atoms. The number of benzene rings is 1. The summed E-state index contributed by atoms with van der Waals surface area (Å²) in [5, 5.41) is 3.27. The molecule has 0 aliphatic heterocycles. The zero-order valence-corrected chi connectivity index (χ0v) is 13.1. The largest absolute Gasteiger partial charge is 0.323 e. The number of thioether (sulfide) groups is 1. The molecule has 1 atom stereocenters. The van der Waals surface area contributed by atoms with Gasteiger partial charge in [-0.1, -0.05) is 11.6 Å². The molecule has 0 unspecified atom stereocenters. The van der Waals surface area contributed by atoms with Gasteiger partial charge in [0, 0.05) is 3.57 Å². The van der Waals surface area contributed by atoms with Crippen LogP contribution in [-0.4, -0.2) is 24.0 Å². The summed E-state index contributed by atoms with van der Waals surface area (Å²) in [6, 6.07) is 4.97. The second-order valence-corrected chi connectivity index (χ2v) is 6.14. The van der Waals surface area contributed by atoms with Crippen molar-refractivity contribution in [3.05, 3.63) is 26.8 Å². The lowest BCUT2D eigenvalue weighted by Gasteiger charge is -2.12. The normalized spacial score (nSPS) is 12.2. The van der Waals surface area contributed by atoms with E-state index >= 15 is 0 Å². The predicted octanol–water partition coefficient (Wildman–Crippen LogP) is 2.96. The van der Waals surface area contributed by atoms with Crippen LogP contribution >= 0.6 is 46.0 Å². The topological polar surface area (TPSA) is 55.1 Å². The van der Waals surface area contributed by atoms with E-state index in [1.807, 2.05) is 12.3 Å². The summed E-state index contributed by atoms with van der Waals surface area (Å²) < 4.78 is 1.03. The summed E-state index contributed by atoms with van der Waals surface area (Å²) in [5.74, 6) is 0.678. The zero-order chi connectivity index (χ0) is 12.8.